The fourth-order valence-electron chi connectivity index (χ4n) is 1.77. The average molecular weight is 267 g/mol. The first-order chi connectivity index (χ1) is 7.28. The van der Waals surface area contributed by atoms with Crippen molar-refractivity contribution in [1.29, 1.82) is 0 Å². The van der Waals surface area contributed by atoms with Gasteiger partial charge in [0.15, 0.2) is 0 Å². The molecule has 0 radical (unpaired) electrons. The van der Waals surface area contributed by atoms with Gasteiger partial charge in [0, 0.05) is 16.1 Å². The monoisotopic (exact) mass is 266 g/mol. The van der Waals surface area contributed by atoms with Crippen LogP contribution < -0.4 is 4.74 Å². The number of aromatic nitrogens is 2. The number of benzene rings is 1. The number of hydrogen-bond acceptors (Lipinski definition) is 2. The summed E-state index contributed by atoms with van der Waals surface area (Å²) in [6.07, 6.45) is 4.59. The van der Waals surface area contributed by atoms with Gasteiger partial charge < -0.3 is 4.74 Å². The van der Waals surface area contributed by atoms with Crippen LogP contribution in [0.1, 0.15) is 18.9 Å². The number of methoxy groups -OCH3 is 1. The molecule has 0 N–H and O–H groups in total. The summed E-state index contributed by atoms with van der Waals surface area (Å²) in [5.41, 5.74) is 0.951. The highest BCUT2D eigenvalue weighted by Crippen LogP contribution is 2.37. The van der Waals surface area contributed by atoms with Crippen molar-refractivity contribution in [3.05, 3.63) is 22.8 Å². The van der Waals surface area contributed by atoms with Crippen molar-refractivity contribution >= 4 is 26.8 Å². The van der Waals surface area contributed by atoms with E-state index < -0.39 is 0 Å². The summed E-state index contributed by atoms with van der Waals surface area (Å²) in [5, 5.41) is 5.69. The second-order valence-corrected chi connectivity index (χ2v) is 4.80. The van der Waals surface area contributed by atoms with Gasteiger partial charge in [-0.2, -0.15) is 5.10 Å². The van der Waals surface area contributed by atoms with Gasteiger partial charge in [0.2, 0.25) is 0 Å². The van der Waals surface area contributed by atoms with Gasteiger partial charge in [0.1, 0.15) is 11.3 Å². The SMILES string of the molecule is COc1cc(Br)cc2cn(C3CC3)nc12. The molecule has 1 aromatic carbocycles. The highest BCUT2D eigenvalue weighted by Gasteiger charge is 2.25. The van der Waals surface area contributed by atoms with E-state index in [0.717, 1.165) is 21.1 Å². The zero-order chi connectivity index (χ0) is 10.4. The van der Waals surface area contributed by atoms with Crippen LogP contribution in [-0.4, -0.2) is 16.9 Å². The first-order valence-corrected chi connectivity index (χ1v) is 5.79. The Balaban J connectivity index is 2.23. The fourth-order valence-corrected chi connectivity index (χ4v) is 2.22. The molecule has 3 rings (SSSR count). The van der Waals surface area contributed by atoms with Crippen LogP contribution in [-0.2, 0) is 0 Å². The van der Waals surface area contributed by atoms with Crippen LogP contribution in [0.3, 0.4) is 0 Å². The van der Waals surface area contributed by atoms with Crippen LogP contribution in [0.4, 0.5) is 0 Å². The van der Waals surface area contributed by atoms with Crippen molar-refractivity contribution in [2.24, 2.45) is 0 Å². The molecule has 1 heterocycles. The van der Waals surface area contributed by atoms with Crippen LogP contribution >= 0.6 is 15.9 Å². The largest absolute Gasteiger partial charge is 0.494 e. The van der Waals surface area contributed by atoms with Crippen molar-refractivity contribution in [3.8, 4) is 5.75 Å². The van der Waals surface area contributed by atoms with Gasteiger partial charge in [-0.3, -0.25) is 4.68 Å². The van der Waals surface area contributed by atoms with E-state index in [-0.39, 0.29) is 0 Å². The standard InChI is InChI=1S/C11H11BrN2O/c1-15-10-5-8(12)4-7-6-14(9-2-3-9)13-11(7)10/h4-6,9H,2-3H2,1H3. The summed E-state index contributed by atoms with van der Waals surface area (Å²) in [6, 6.07) is 4.64. The molecule has 0 aliphatic heterocycles. The van der Waals surface area contributed by atoms with E-state index in [4.69, 9.17) is 4.74 Å². The van der Waals surface area contributed by atoms with E-state index in [1.807, 2.05) is 6.07 Å². The zero-order valence-electron chi connectivity index (χ0n) is 8.40. The highest BCUT2D eigenvalue weighted by atomic mass is 79.9. The molecule has 1 aliphatic carbocycles. The highest BCUT2D eigenvalue weighted by molar-refractivity contribution is 9.10. The van der Waals surface area contributed by atoms with Crippen molar-refractivity contribution in [3.63, 3.8) is 0 Å². The lowest BCUT2D eigenvalue weighted by Gasteiger charge is -2.00. The Hall–Kier alpha value is -1.03. The lowest BCUT2D eigenvalue weighted by atomic mass is 10.2. The summed E-state index contributed by atoms with van der Waals surface area (Å²) in [4.78, 5) is 0. The average Bonchev–Trinajstić information content (AvgIpc) is 2.98. The fraction of sp³-hybridized carbons (Fsp3) is 0.364. The van der Waals surface area contributed by atoms with Gasteiger partial charge in [0.05, 0.1) is 13.2 Å². The van der Waals surface area contributed by atoms with Gasteiger partial charge in [0.25, 0.3) is 0 Å². The first kappa shape index (κ1) is 9.21. The minimum Gasteiger partial charge on any atom is -0.494 e. The Morgan fingerprint density at radius 2 is 2.27 bits per heavy atom. The molecule has 3 nitrogen and oxygen atoms in total. The molecule has 15 heavy (non-hydrogen) atoms. The third kappa shape index (κ3) is 1.53. The predicted octanol–water partition coefficient (Wildman–Crippen LogP) is 3.14. The molecule has 1 aromatic heterocycles. The van der Waals surface area contributed by atoms with Crippen LogP contribution in [0.2, 0.25) is 0 Å². The third-order valence-electron chi connectivity index (χ3n) is 2.70. The Morgan fingerprint density at radius 3 is 2.93 bits per heavy atom. The van der Waals surface area contributed by atoms with Gasteiger partial charge >= 0.3 is 0 Å². The minimum atomic E-state index is 0.612. The summed E-state index contributed by atoms with van der Waals surface area (Å²) in [5.74, 6) is 0.832. The lowest BCUT2D eigenvalue weighted by molar-refractivity contribution is 0.418. The van der Waals surface area contributed by atoms with Crippen molar-refractivity contribution in [1.82, 2.24) is 9.78 Å². The molecule has 1 saturated carbocycles. The first-order valence-electron chi connectivity index (χ1n) is 5.00. The Kier molecular flexibility index (Phi) is 1.99. The molecule has 1 aliphatic rings. The predicted molar refractivity (Wildman–Crippen MR) is 62.3 cm³/mol. The number of ether oxygens (including phenoxy) is 1. The molecule has 0 spiro atoms. The molecule has 0 atom stereocenters. The molecule has 1 fully saturated rings. The van der Waals surface area contributed by atoms with Gasteiger partial charge in [-0.25, -0.2) is 0 Å². The normalized spacial score (nSPS) is 15.9. The van der Waals surface area contributed by atoms with Crippen LogP contribution in [0, 0.1) is 0 Å². The van der Waals surface area contributed by atoms with Crippen LogP contribution in [0.25, 0.3) is 10.9 Å². The maximum Gasteiger partial charge on any atom is 0.148 e. The van der Waals surface area contributed by atoms with Crippen LogP contribution in [0.15, 0.2) is 22.8 Å². The number of fused-ring (bicyclic) bond motifs is 1. The molecule has 2 aromatic rings. The summed E-state index contributed by atoms with van der Waals surface area (Å²) < 4.78 is 8.40. The zero-order valence-corrected chi connectivity index (χ0v) is 9.99. The smallest absolute Gasteiger partial charge is 0.148 e. The van der Waals surface area contributed by atoms with Crippen molar-refractivity contribution in [2.75, 3.05) is 7.11 Å². The van der Waals surface area contributed by atoms with Gasteiger partial charge in [-0.15, -0.1) is 0 Å². The van der Waals surface area contributed by atoms with E-state index in [9.17, 15) is 0 Å². The molecule has 0 unspecified atom stereocenters. The van der Waals surface area contributed by atoms with E-state index in [0.29, 0.717) is 6.04 Å². The second kappa shape index (κ2) is 3.23. The third-order valence-corrected chi connectivity index (χ3v) is 3.15. The maximum absolute atomic E-state index is 5.32. The molecule has 78 valence electrons. The molecule has 4 heteroatoms. The van der Waals surface area contributed by atoms with Gasteiger partial charge in [-0.1, -0.05) is 15.9 Å². The van der Waals surface area contributed by atoms with Crippen LogP contribution in [0.5, 0.6) is 5.75 Å². The van der Waals surface area contributed by atoms with E-state index in [1.54, 1.807) is 7.11 Å². The lowest BCUT2D eigenvalue weighted by Crippen LogP contribution is -1.93. The molecule has 0 saturated heterocycles. The topological polar surface area (TPSA) is 27.1 Å². The Morgan fingerprint density at radius 1 is 1.47 bits per heavy atom. The number of halogens is 1. The van der Waals surface area contributed by atoms with Crippen molar-refractivity contribution < 1.29 is 4.74 Å². The van der Waals surface area contributed by atoms with Gasteiger partial charge in [-0.05, 0) is 25.0 Å². The number of rotatable bonds is 2. The molecule has 0 amide bonds. The van der Waals surface area contributed by atoms with E-state index in [2.05, 4.69) is 38.0 Å². The van der Waals surface area contributed by atoms with E-state index >= 15 is 0 Å². The van der Waals surface area contributed by atoms with E-state index in [1.165, 1.54) is 12.8 Å². The Bertz CT molecular complexity index is 517. The second-order valence-electron chi connectivity index (χ2n) is 3.89. The molecular weight excluding hydrogens is 256 g/mol. The molecular formula is C11H11BrN2O. The maximum atomic E-state index is 5.32. The summed E-state index contributed by atoms with van der Waals surface area (Å²) >= 11 is 3.47. The quantitative estimate of drug-likeness (QED) is 0.835. The number of nitrogens with zero attached hydrogens (tertiary/aromatic N) is 2. The number of hydrogen-bond donors (Lipinski definition) is 0. The minimum absolute atomic E-state index is 0.612. The van der Waals surface area contributed by atoms with Crippen molar-refractivity contribution in [2.45, 2.75) is 18.9 Å². The Labute approximate surface area is 96.2 Å². The summed E-state index contributed by atoms with van der Waals surface area (Å²) in [7, 11) is 1.68. The molecule has 0 bridgehead atoms. The summed E-state index contributed by atoms with van der Waals surface area (Å²) in [6.45, 7) is 0.